The fourth-order valence-electron chi connectivity index (χ4n) is 2.04. The van der Waals surface area contributed by atoms with Gasteiger partial charge in [-0.05, 0) is 31.0 Å². The molecule has 0 saturated carbocycles. The van der Waals surface area contributed by atoms with E-state index in [0.29, 0.717) is 10.8 Å². The van der Waals surface area contributed by atoms with Gasteiger partial charge in [-0.15, -0.1) is 0 Å². The van der Waals surface area contributed by atoms with Crippen LogP contribution in [0.4, 0.5) is 0 Å². The van der Waals surface area contributed by atoms with Gasteiger partial charge in [0.1, 0.15) is 11.2 Å². The van der Waals surface area contributed by atoms with E-state index in [0.717, 1.165) is 5.56 Å². The molecule has 0 aliphatic rings. The van der Waals surface area contributed by atoms with Crippen molar-refractivity contribution in [3.8, 4) is 5.75 Å². The highest BCUT2D eigenvalue weighted by Crippen LogP contribution is 2.25. The van der Waals surface area contributed by atoms with Crippen molar-refractivity contribution in [2.45, 2.75) is 19.4 Å². The molecule has 0 saturated heterocycles. The molecule has 0 aliphatic carbocycles. The Bertz CT molecular complexity index is 596. The first-order valence-corrected chi connectivity index (χ1v) is 7.70. The topological polar surface area (TPSA) is 111 Å². The molecule has 2 atom stereocenters. The maximum Gasteiger partial charge on any atom is 0.315 e. The van der Waals surface area contributed by atoms with Gasteiger partial charge in [-0.2, -0.15) is 0 Å². The average molecular weight is 359 g/mol. The Morgan fingerprint density at radius 2 is 2.08 bits per heavy atom. The largest absolute Gasteiger partial charge is 0.495 e. The van der Waals surface area contributed by atoms with Crippen LogP contribution in [0.25, 0.3) is 0 Å². The highest BCUT2D eigenvalue weighted by Gasteiger charge is 2.34. The summed E-state index contributed by atoms with van der Waals surface area (Å²) in [5.41, 5.74) is 5.45. The summed E-state index contributed by atoms with van der Waals surface area (Å²) < 4.78 is 9.69. The van der Waals surface area contributed by atoms with Crippen LogP contribution in [-0.4, -0.2) is 50.4 Å². The van der Waals surface area contributed by atoms with Gasteiger partial charge >= 0.3 is 5.97 Å². The molecule has 7 nitrogen and oxygen atoms in total. The van der Waals surface area contributed by atoms with Crippen LogP contribution in [0.5, 0.6) is 5.75 Å². The third-order valence-electron chi connectivity index (χ3n) is 3.69. The molecule has 1 aromatic carbocycles. The molecule has 2 unspecified atom stereocenters. The Balaban J connectivity index is 2.65. The standard InChI is InChI=1S/C16H23ClN2O5/c1-16(9-20,15(22)24-3)8-19-14(21)12(18)7-10-4-5-13(23-2)11(17)6-10/h4-6,12,20H,7-9,18H2,1-3H3,(H,19,21). The quantitative estimate of drug-likeness (QED) is 0.584. The number of amides is 1. The lowest BCUT2D eigenvalue weighted by Crippen LogP contribution is -2.49. The molecule has 0 aliphatic heterocycles. The Labute approximate surface area is 146 Å². The number of hydrogen-bond acceptors (Lipinski definition) is 6. The highest BCUT2D eigenvalue weighted by atomic mass is 35.5. The van der Waals surface area contributed by atoms with Crippen molar-refractivity contribution >= 4 is 23.5 Å². The van der Waals surface area contributed by atoms with Gasteiger partial charge in [0.2, 0.25) is 5.91 Å². The van der Waals surface area contributed by atoms with Crippen LogP contribution in [0, 0.1) is 5.41 Å². The second kappa shape index (κ2) is 8.86. The predicted octanol–water partition coefficient (Wildman–Crippen LogP) is 0.506. The van der Waals surface area contributed by atoms with Crippen molar-refractivity contribution < 1.29 is 24.2 Å². The number of nitrogens with one attached hydrogen (secondary N) is 1. The lowest BCUT2D eigenvalue weighted by molar-refractivity contribution is -0.154. The van der Waals surface area contributed by atoms with Gasteiger partial charge in [0, 0.05) is 6.54 Å². The smallest absolute Gasteiger partial charge is 0.315 e. The van der Waals surface area contributed by atoms with E-state index in [1.807, 2.05) is 0 Å². The minimum absolute atomic E-state index is 0.0773. The summed E-state index contributed by atoms with van der Waals surface area (Å²) in [5, 5.41) is 12.3. The minimum atomic E-state index is -1.21. The number of benzene rings is 1. The molecule has 0 radical (unpaired) electrons. The van der Waals surface area contributed by atoms with Crippen LogP contribution < -0.4 is 15.8 Å². The lowest BCUT2D eigenvalue weighted by atomic mass is 9.91. The molecule has 0 fully saturated rings. The summed E-state index contributed by atoms with van der Waals surface area (Å²) >= 11 is 6.04. The number of nitrogens with two attached hydrogens (primary N) is 1. The Hall–Kier alpha value is -1.83. The van der Waals surface area contributed by atoms with Gasteiger partial charge in [0.25, 0.3) is 0 Å². The number of aliphatic hydroxyl groups excluding tert-OH is 1. The molecule has 1 aromatic rings. The molecule has 1 rings (SSSR count). The van der Waals surface area contributed by atoms with Gasteiger partial charge in [-0.25, -0.2) is 0 Å². The number of carbonyl (C=O) groups is 2. The van der Waals surface area contributed by atoms with E-state index in [4.69, 9.17) is 22.1 Å². The van der Waals surface area contributed by atoms with Gasteiger partial charge < -0.3 is 25.6 Å². The van der Waals surface area contributed by atoms with Crippen molar-refractivity contribution in [3.63, 3.8) is 0 Å². The maximum absolute atomic E-state index is 12.1. The average Bonchev–Trinajstić information content (AvgIpc) is 2.58. The molecule has 1 amide bonds. The predicted molar refractivity (Wildman–Crippen MR) is 89.9 cm³/mol. The fraction of sp³-hybridized carbons (Fsp3) is 0.500. The van der Waals surface area contributed by atoms with Crippen LogP contribution in [0.2, 0.25) is 5.02 Å². The van der Waals surface area contributed by atoms with Crippen molar-refractivity contribution in [3.05, 3.63) is 28.8 Å². The first kappa shape index (κ1) is 20.2. The number of ether oxygens (including phenoxy) is 2. The number of methoxy groups -OCH3 is 2. The highest BCUT2D eigenvalue weighted by molar-refractivity contribution is 6.32. The number of hydrogen-bond donors (Lipinski definition) is 3. The van der Waals surface area contributed by atoms with Crippen LogP contribution >= 0.6 is 11.6 Å². The summed E-state index contributed by atoms with van der Waals surface area (Å²) in [6, 6.07) is 4.32. The molecule has 0 spiro atoms. The molecular formula is C16H23ClN2O5. The van der Waals surface area contributed by atoms with Crippen LogP contribution in [0.3, 0.4) is 0 Å². The summed E-state index contributed by atoms with van der Waals surface area (Å²) in [6.45, 7) is 0.962. The fourth-order valence-corrected chi connectivity index (χ4v) is 2.32. The Kier molecular flexibility index (Phi) is 7.47. The lowest BCUT2D eigenvalue weighted by Gasteiger charge is -2.25. The Morgan fingerprint density at radius 3 is 2.58 bits per heavy atom. The summed E-state index contributed by atoms with van der Waals surface area (Å²) in [6.07, 6.45) is 0.267. The van der Waals surface area contributed by atoms with E-state index in [1.165, 1.54) is 21.1 Å². The van der Waals surface area contributed by atoms with Crippen LogP contribution in [0.1, 0.15) is 12.5 Å². The van der Waals surface area contributed by atoms with Crippen molar-refractivity contribution in [1.82, 2.24) is 5.32 Å². The molecule has 24 heavy (non-hydrogen) atoms. The zero-order valence-electron chi connectivity index (χ0n) is 14.0. The number of halogens is 1. The summed E-state index contributed by atoms with van der Waals surface area (Å²) in [5.74, 6) is -0.512. The zero-order valence-corrected chi connectivity index (χ0v) is 14.7. The van der Waals surface area contributed by atoms with Crippen molar-refractivity contribution in [1.29, 1.82) is 0 Å². The molecule has 4 N–H and O–H groups in total. The van der Waals surface area contributed by atoms with Gasteiger partial charge in [0.05, 0.1) is 31.9 Å². The van der Waals surface area contributed by atoms with Crippen LogP contribution in [-0.2, 0) is 20.7 Å². The minimum Gasteiger partial charge on any atom is -0.495 e. The third-order valence-corrected chi connectivity index (χ3v) is 3.98. The zero-order chi connectivity index (χ0) is 18.3. The molecule has 134 valence electrons. The van der Waals surface area contributed by atoms with E-state index in [2.05, 4.69) is 10.1 Å². The number of carbonyl (C=O) groups excluding carboxylic acids is 2. The molecule has 8 heteroatoms. The van der Waals surface area contributed by atoms with Gasteiger partial charge in [-0.1, -0.05) is 17.7 Å². The van der Waals surface area contributed by atoms with E-state index in [1.54, 1.807) is 18.2 Å². The summed E-state index contributed by atoms with van der Waals surface area (Å²) in [4.78, 5) is 23.7. The molecule has 0 aromatic heterocycles. The van der Waals surface area contributed by atoms with Crippen molar-refractivity contribution in [2.75, 3.05) is 27.4 Å². The van der Waals surface area contributed by atoms with E-state index in [9.17, 15) is 14.7 Å². The number of esters is 1. The van der Waals surface area contributed by atoms with Gasteiger partial charge in [0.15, 0.2) is 0 Å². The van der Waals surface area contributed by atoms with E-state index < -0.39 is 29.9 Å². The molecule has 0 bridgehead atoms. The monoisotopic (exact) mass is 358 g/mol. The number of aliphatic hydroxyl groups is 1. The van der Waals surface area contributed by atoms with Gasteiger partial charge in [-0.3, -0.25) is 9.59 Å². The molecular weight excluding hydrogens is 336 g/mol. The normalized spacial score (nSPS) is 14.4. The first-order valence-electron chi connectivity index (χ1n) is 7.32. The first-order chi connectivity index (χ1) is 11.3. The van der Waals surface area contributed by atoms with Crippen LogP contribution in [0.15, 0.2) is 18.2 Å². The third kappa shape index (κ3) is 5.09. The summed E-state index contributed by atoms with van der Waals surface area (Å²) in [7, 11) is 2.73. The van der Waals surface area contributed by atoms with Crippen molar-refractivity contribution in [2.24, 2.45) is 11.1 Å². The number of rotatable bonds is 8. The SMILES string of the molecule is COC(=O)C(C)(CO)CNC(=O)C(N)Cc1ccc(OC)c(Cl)c1. The van der Waals surface area contributed by atoms with E-state index >= 15 is 0 Å². The van der Waals surface area contributed by atoms with E-state index in [-0.39, 0.29) is 13.0 Å². The maximum atomic E-state index is 12.1. The second-order valence-corrected chi connectivity index (χ2v) is 6.11. The second-order valence-electron chi connectivity index (χ2n) is 5.71. The molecule has 0 heterocycles. The Morgan fingerprint density at radius 1 is 1.42 bits per heavy atom.